The molecule has 4 rings (SSSR count). The van der Waals surface area contributed by atoms with Gasteiger partial charge in [-0.3, -0.25) is 10.6 Å². The summed E-state index contributed by atoms with van der Waals surface area (Å²) in [5, 5.41) is 10.3. The lowest BCUT2D eigenvalue weighted by atomic mass is 10.2. The van der Waals surface area contributed by atoms with E-state index in [1.54, 1.807) is 17.5 Å². The van der Waals surface area contributed by atoms with E-state index in [2.05, 4.69) is 35.9 Å². The van der Waals surface area contributed by atoms with Crippen LogP contribution in [-0.2, 0) is 12.6 Å². The maximum Gasteiger partial charge on any atom is 0.416 e. The standard InChI is InChI=1S/C18H14F3N7OS2/c19-18(20,21)10-1-4-22-13(7-10)27-16(29)28-17-24-8-11(31-17)2-5-23-15-14-12(3-6-30-14)25-9-26-15/h1,3-4,6-9H,2,5H2,(H,23,25,26)(H2,22,24,27,28,29). The summed E-state index contributed by atoms with van der Waals surface area (Å²) < 4.78 is 39.2. The SMILES string of the molecule is O=C(Nc1cc(C(F)(F)F)ccn1)Nc1ncc(CCNc2ncnc3ccsc23)s1. The van der Waals surface area contributed by atoms with Crippen molar-refractivity contribution in [3.8, 4) is 0 Å². The van der Waals surface area contributed by atoms with Crippen LogP contribution in [-0.4, -0.2) is 32.5 Å². The molecule has 0 aliphatic carbocycles. The highest BCUT2D eigenvalue weighted by Crippen LogP contribution is 2.30. The monoisotopic (exact) mass is 465 g/mol. The molecule has 160 valence electrons. The second-order valence-electron chi connectivity index (χ2n) is 6.17. The first kappa shape index (κ1) is 20.9. The molecule has 2 amide bonds. The Bertz CT molecular complexity index is 1210. The Labute approximate surface area is 181 Å². The van der Waals surface area contributed by atoms with Crippen LogP contribution >= 0.6 is 22.7 Å². The van der Waals surface area contributed by atoms with Crippen LogP contribution in [0.15, 0.2) is 42.3 Å². The van der Waals surface area contributed by atoms with Crippen molar-refractivity contribution in [3.63, 3.8) is 0 Å². The predicted molar refractivity (Wildman–Crippen MR) is 114 cm³/mol. The molecule has 4 heterocycles. The van der Waals surface area contributed by atoms with E-state index < -0.39 is 17.8 Å². The smallest absolute Gasteiger partial charge is 0.368 e. The predicted octanol–water partition coefficient (Wildman–Crippen LogP) is 4.86. The molecule has 0 spiro atoms. The summed E-state index contributed by atoms with van der Waals surface area (Å²) in [5.41, 5.74) is -0.0154. The van der Waals surface area contributed by atoms with Gasteiger partial charge in [-0.1, -0.05) is 0 Å². The van der Waals surface area contributed by atoms with E-state index in [1.165, 1.54) is 17.7 Å². The zero-order valence-corrected chi connectivity index (χ0v) is 17.2. The number of nitrogens with zero attached hydrogens (tertiary/aromatic N) is 4. The van der Waals surface area contributed by atoms with Crippen LogP contribution < -0.4 is 16.0 Å². The van der Waals surface area contributed by atoms with E-state index in [9.17, 15) is 18.0 Å². The number of amides is 2. The largest absolute Gasteiger partial charge is 0.416 e. The van der Waals surface area contributed by atoms with Crippen LogP contribution in [0.25, 0.3) is 10.2 Å². The molecule has 0 atom stereocenters. The topological polar surface area (TPSA) is 105 Å². The molecule has 0 aliphatic heterocycles. The van der Waals surface area contributed by atoms with Gasteiger partial charge in [0.2, 0.25) is 0 Å². The van der Waals surface area contributed by atoms with Gasteiger partial charge in [0.1, 0.15) is 18.0 Å². The van der Waals surface area contributed by atoms with Gasteiger partial charge in [-0.05, 0) is 23.6 Å². The van der Waals surface area contributed by atoms with Crippen LogP contribution in [0.1, 0.15) is 10.4 Å². The van der Waals surface area contributed by atoms with Crippen molar-refractivity contribution in [2.75, 3.05) is 22.5 Å². The maximum absolute atomic E-state index is 12.7. The van der Waals surface area contributed by atoms with Gasteiger partial charge in [-0.25, -0.2) is 24.7 Å². The summed E-state index contributed by atoms with van der Waals surface area (Å²) in [4.78, 5) is 29.2. The molecule has 0 saturated carbocycles. The lowest BCUT2D eigenvalue weighted by Crippen LogP contribution is -2.20. The van der Waals surface area contributed by atoms with Gasteiger partial charge in [0, 0.05) is 30.2 Å². The third-order valence-corrected chi connectivity index (χ3v) is 5.89. The fraction of sp³-hybridized carbons (Fsp3) is 0.167. The molecule has 8 nitrogen and oxygen atoms in total. The molecule has 0 bridgehead atoms. The highest BCUT2D eigenvalue weighted by molar-refractivity contribution is 7.17. The Morgan fingerprint density at radius 2 is 1.97 bits per heavy atom. The van der Waals surface area contributed by atoms with Crippen LogP contribution in [0.3, 0.4) is 0 Å². The number of thiophene rings is 1. The van der Waals surface area contributed by atoms with Crippen LogP contribution in [0.2, 0.25) is 0 Å². The molecule has 0 aliphatic rings. The third kappa shape index (κ3) is 5.24. The lowest BCUT2D eigenvalue weighted by molar-refractivity contribution is -0.137. The van der Waals surface area contributed by atoms with Crippen molar-refractivity contribution in [2.24, 2.45) is 0 Å². The van der Waals surface area contributed by atoms with E-state index in [1.807, 2.05) is 11.4 Å². The number of urea groups is 1. The second-order valence-corrected chi connectivity index (χ2v) is 8.20. The minimum absolute atomic E-state index is 0.210. The quantitative estimate of drug-likeness (QED) is 0.376. The minimum Gasteiger partial charge on any atom is -0.368 e. The zero-order valence-electron chi connectivity index (χ0n) is 15.6. The number of halogens is 3. The normalized spacial score (nSPS) is 11.5. The average Bonchev–Trinajstić information content (AvgIpc) is 3.37. The number of aromatic nitrogens is 4. The van der Waals surface area contributed by atoms with Crippen molar-refractivity contribution in [3.05, 3.63) is 52.7 Å². The summed E-state index contributed by atoms with van der Waals surface area (Å²) in [6, 6.07) is 2.78. The fourth-order valence-corrected chi connectivity index (χ4v) is 4.24. The van der Waals surface area contributed by atoms with Gasteiger partial charge in [0.15, 0.2) is 5.13 Å². The Morgan fingerprint density at radius 1 is 1.10 bits per heavy atom. The summed E-state index contributed by atoms with van der Waals surface area (Å²) >= 11 is 2.82. The highest BCUT2D eigenvalue weighted by atomic mass is 32.1. The third-order valence-electron chi connectivity index (χ3n) is 4.01. The highest BCUT2D eigenvalue weighted by Gasteiger charge is 2.30. The van der Waals surface area contributed by atoms with E-state index >= 15 is 0 Å². The van der Waals surface area contributed by atoms with Crippen molar-refractivity contribution >= 4 is 55.7 Å². The summed E-state index contributed by atoms with van der Waals surface area (Å²) in [7, 11) is 0. The van der Waals surface area contributed by atoms with Crippen molar-refractivity contribution in [2.45, 2.75) is 12.6 Å². The zero-order chi connectivity index (χ0) is 21.8. The van der Waals surface area contributed by atoms with Gasteiger partial charge in [0.05, 0.1) is 15.8 Å². The number of nitrogens with one attached hydrogen (secondary N) is 3. The number of hydrogen-bond acceptors (Lipinski definition) is 8. The fourth-order valence-electron chi connectivity index (χ4n) is 2.62. The molecular formula is C18H14F3N7OS2. The lowest BCUT2D eigenvalue weighted by Gasteiger charge is -2.09. The molecule has 0 saturated heterocycles. The molecule has 4 aromatic heterocycles. The molecule has 3 N–H and O–H groups in total. The molecule has 0 unspecified atom stereocenters. The van der Waals surface area contributed by atoms with Gasteiger partial charge in [-0.15, -0.1) is 22.7 Å². The number of carbonyl (C=O) groups excluding carboxylic acids is 1. The first-order valence-electron chi connectivity index (χ1n) is 8.86. The Balaban J connectivity index is 1.30. The van der Waals surface area contributed by atoms with E-state index in [0.29, 0.717) is 18.1 Å². The van der Waals surface area contributed by atoms with Crippen molar-refractivity contribution < 1.29 is 18.0 Å². The maximum atomic E-state index is 12.7. The van der Waals surface area contributed by atoms with Gasteiger partial charge < -0.3 is 5.32 Å². The number of rotatable bonds is 6. The molecule has 13 heteroatoms. The molecular weight excluding hydrogens is 451 g/mol. The molecule has 4 aromatic rings. The Kier molecular flexibility index (Phi) is 5.95. The van der Waals surface area contributed by atoms with E-state index in [0.717, 1.165) is 39.2 Å². The Hall–Kier alpha value is -3.32. The molecule has 31 heavy (non-hydrogen) atoms. The molecule has 0 aromatic carbocycles. The minimum atomic E-state index is -4.52. The average molecular weight is 465 g/mol. The van der Waals surface area contributed by atoms with Crippen molar-refractivity contribution in [1.82, 2.24) is 19.9 Å². The first-order valence-corrected chi connectivity index (χ1v) is 10.6. The van der Waals surface area contributed by atoms with E-state index in [-0.39, 0.29) is 5.82 Å². The molecule has 0 fully saturated rings. The summed E-state index contributed by atoms with van der Waals surface area (Å²) in [5.74, 6) is 0.550. The number of carbonyl (C=O) groups is 1. The van der Waals surface area contributed by atoms with Gasteiger partial charge >= 0.3 is 12.2 Å². The van der Waals surface area contributed by atoms with Crippen LogP contribution in [0.5, 0.6) is 0 Å². The number of pyridine rings is 1. The number of alkyl halides is 3. The number of anilines is 3. The first-order chi connectivity index (χ1) is 14.9. The Morgan fingerprint density at radius 3 is 2.81 bits per heavy atom. The second kappa shape index (κ2) is 8.81. The number of hydrogen-bond donors (Lipinski definition) is 3. The number of fused-ring (bicyclic) bond motifs is 1. The summed E-state index contributed by atoms with van der Waals surface area (Å²) in [6.07, 6.45) is 0.242. The van der Waals surface area contributed by atoms with E-state index in [4.69, 9.17) is 0 Å². The molecule has 0 radical (unpaired) electrons. The van der Waals surface area contributed by atoms with Crippen molar-refractivity contribution in [1.29, 1.82) is 0 Å². The number of thiazole rings is 1. The van der Waals surface area contributed by atoms with Crippen LogP contribution in [0.4, 0.5) is 34.7 Å². The summed E-state index contributed by atoms with van der Waals surface area (Å²) in [6.45, 7) is 0.603. The van der Waals surface area contributed by atoms with Gasteiger partial charge in [-0.2, -0.15) is 13.2 Å². The van der Waals surface area contributed by atoms with Crippen LogP contribution in [0, 0.1) is 0 Å². The van der Waals surface area contributed by atoms with Gasteiger partial charge in [0.25, 0.3) is 0 Å².